The first kappa shape index (κ1) is 66.1. The third-order valence-electron chi connectivity index (χ3n) is 15.6. The van der Waals surface area contributed by atoms with Crippen LogP contribution in [0.15, 0.2) is 41.5 Å². The molecule has 0 aliphatic carbocycles. The van der Waals surface area contributed by atoms with Gasteiger partial charge < -0.3 is 54.8 Å². The molecule has 10 atom stereocenters. The molecule has 0 radical (unpaired) electrons. The van der Waals surface area contributed by atoms with Crippen LogP contribution in [0.2, 0.25) is 0 Å². The second-order valence-electron chi connectivity index (χ2n) is 22.1. The third kappa shape index (κ3) is 17.7. The monoisotopic (exact) mass is 1170 g/mol. The first-order valence-electron chi connectivity index (χ1n) is 28.2. The van der Waals surface area contributed by atoms with E-state index in [0.29, 0.717) is 76.6 Å². The van der Waals surface area contributed by atoms with Crippen LogP contribution in [0.4, 0.5) is 0 Å². The molecule has 1 aromatic heterocycles. The smallest absolute Gasteiger partial charge is 0.327 e. The molecular weight excluding hydrogens is 1080 g/mol. The van der Waals surface area contributed by atoms with Crippen LogP contribution >= 0.6 is 11.8 Å². The van der Waals surface area contributed by atoms with Crippen LogP contribution < -0.4 is 10.6 Å². The van der Waals surface area contributed by atoms with Crippen molar-refractivity contribution in [2.24, 2.45) is 22.7 Å². The number of carbonyl (C=O) groups is 9. The van der Waals surface area contributed by atoms with Gasteiger partial charge in [0.05, 0.1) is 54.6 Å². The van der Waals surface area contributed by atoms with E-state index in [4.69, 9.17) is 14.5 Å². The molecule has 454 valence electrons. The van der Waals surface area contributed by atoms with E-state index < -0.39 is 89.2 Å². The lowest BCUT2D eigenvalue weighted by atomic mass is 9.89. The number of methoxy groups -OCH3 is 2. The van der Waals surface area contributed by atoms with Crippen LogP contribution in [0, 0.1) is 17.8 Å². The van der Waals surface area contributed by atoms with Crippen LogP contribution in [0.25, 0.3) is 0 Å². The van der Waals surface area contributed by atoms with Gasteiger partial charge in [0.2, 0.25) is 41.4 Å². The summed E-state index contributed by atoms with van der Waals surface area (Å²) < 4.78 is 13.6. The van der Waals surface area contributed by atoms with Crippen molar-refractivity contribution >= 4 is 71.0 Å². The number of carboxylic acid groups (broad SMARTS) is 2. The molecule has 1 unspecified atom stereocenters. The Morgan fingerprint density at radius 3 is 2.12 bits per heavy atom. The largest absolute Gasteiger partial charge is 0.480 e. The van der Waals surface area contributed by atoms with E-state index in [-0.39, 0.29) is 67.5 Å². The topological polar surface area (TPSA) is 299 Å². The molecule has 3 fully saturated rings. The van der Waals surface area contributed by atoms with Gasteiger partial charge in [-0.15, -0.1) is 16.9 Å². The number of amides is 7. The Labute approximate surface area is 485 Å². The maximum Gasteiger partial charge on any atom is 0.327 e. The number of rotatable bonds is 29. The van der Waals surface area contributed by atoms with Gasteiger partial charge in [-0.3, -0.25) is 43.1 Å². The summed E-state index contributed by atoms with van der Waals surface area (Å²) in [6.45, 7) is 13.3. The molecule has 2 aromatic rings. The first-order valence-corrected chi connectivity index (χ1v) is 29.3. The number of likely N-dealkylation sites (N-methyl/N-ethyl adjacent to an activating group) is 1. The van der Waals surface area contributed by atoms with Crippen molar-refractivity contribution < 1.29 is 62.8 Å². The van der Waals surface area contributed by atoms with E-state index in [1.807, 2.05) is 64.9 Å². The molecular formula is C56H86N12O13S. The summed E-state index contributed by atoms with van der Waals surface area (Å²) >= 11 is 0.998. The minimum atomic E-state index is -1.24. The Hall–Kier alpha value is -6.67. The first-order chi connectivity index (χ1) is 38.9. The van der Waals surface area contributed by atoms with Crippen molar-refractivity contribution in [1.82, 2.24) is 55.0 Å². The molecule has 25 nitrogen and oxygen atoms in total. The molecule has 4 N–H and O–H groups in total. The molecule has 5 rings (SSSR count). The number of likely N-dealkylation sites (tertiary alicyclic amines) is 2. The number of thioether (sulfide) groups is 1. The van der Waals surface area contributed by atoms with Crippen LogP contribution in [0.5, 0.6) is 0 Å². The molecule has 3 saturated heterocycles. The Bertz CT molecular complexity index is 2560. The standard InChI is InChI=1S/C56H86N12O13S/c1-12-35(4)49(43(80-10)29-46(71)67-23-16-20-42(67)50(81-11)36(5)51(73)58-40(54(76)77)28-38-18-14-13-15-19-38)63(9)53(75)48(34(2)3)59-56(62(7)8)65-26-24-64(25-27-65)45(70)21-17-22-66-31-39(60-61-66)32-68-47(72)30-44(52(68)74)82-33-41(55(78)79)57-37(6)69/h13-15,18-19,31,34-36,40-44,48-50H,12,16-17,20-30,32-33H2,1-11H3,(H,57,69)(H,58,73)(H,76,77)(H,78,79)/t35-,36+,40-,41-,42-,43+,44?,48-,49-,50+/m0/s1. The van der Waals surface area contributed by atoms with Crippen molar-refractivity contribution in [3.8, 4) is 0 Å². The highest BCUT2D eigenvalue weighted by atomic mass is 32.2. The molecule has 3 aliphatic rings. The summed E-state index contributed by atoms with van der Waals surface area (Å²) in [7, 11) is 8.49. The highest BCUT2D eigenvalue weighted by molar-refractivity contribution is 8.00. The second kappa shape index (κ2) is 31.1. The van der Waals surface area contributed by atoms with Crippen LogP contribution in [0.3, 0.4) is 0 Å². The van der Waals surface area contributed by atoms with Gasteiger partial charge in [-0.25, -0.2) is 14.6 Å². The van der Waals surface area contributed by atoms with Gasteiger partial charge in [-0.05, 0) is 36.7 Å². The fraction of sp³-hybridized carbons (Fsp3) is 0.679. The maximum absolute atomic E-state index is 14.9. The number of nitrogens with zero attached hydrogens (tertiary/aromatic N) is 10. The average Bonchev–Trinajstić information content (AvgIpc) is 4.26. The lowest BCUT2D eigenvalue weighted by Gasteiger charge is -2.41. The molecule has 3 aliphatic heterocycles. The van der Waals surface area contributed by atoms with Crippen molar-refractivity contribution in [2.45, 2.75) is 154 Å². The SMILES string of the molecule is CC[C@H](C)[C@@H]([C@@H](CC(=O)N1CCC[C@H]1[C@H](OC)[C@@H](C)C(=O)N[C@@H](Cc1ccccc1)C(=O)O)OC)N(C)C(=O)[C@@H](N=C(N(C)C)N1CCN(C(=O)CCCn2cc(CN3C(=O)CC(SC[C@H](NC(C)=O)C(=O)O)C3=O)nn2)CC1)C(C)C. The fourth-order valence-electron chi connectivity index (χ4n) is 10.9. The summed E-state index contributed by atoms with van der Waals surface area (Å²) in [6, 6.07) is 4.90. The number of imide groups is 1. The highest BCUT2D eigenvalue weighted by Gasteiger charge is 2.44. The molecule has 1 aromatic carbocycles. The van der Waals surface area contributed by atoms with Gasteiger partial charge in [0, 0.05) is 107 Å². The quantitative estimate of drug-likeness (QED) is 0.0513. The lowest BCUT2D eigenvalue weighted by Crippen LogP contribution is -2.56. The van der Waals surface area contributed by atoms with Crippen molar-refractivity contribution in [2.75, 3.05) is 73.8 Å². The number of hydrogen-bond acceptors (Lipinski definition) is 15. The minimum Gasteiger partial charge on any atom is -0.480 e. The molecule has 0 spiro atoms. The van der Waals surface area contributed by atoms with Gasteiger partial charge in [0.25, 0.3) is 0 Å². The van der Waals surface area contributed by atoms with E-state index in [2.05, 4.69) is 25.8 Å². The summed E-state index contributed by atoms with van der Waals surface area (Å²) in [5, 5.41) is 31.9. The lowest BCUT2D eigenvalue weighted by molar-refractivity contribution is -0.147. The summed E-state index contributed by atoms with van der Waals surface area (Å²) in [5.41, 5.74) is 1.14. The number of piperazine rings is 1. The zero-order valence-electron chi connectivity index (χ0n) is 49.4. The number of benzene rings is 1. The third-order valence-corrected chi connectivity index (χ3v) is 16.9. The normalized spacial score (nSPS) is 19.7. The molecule has 82 heavy (non-hydrogen) atoms. The number of carbonyl (C=O) groups excluding carboxylic acids is 7. The predicted octanol–water partition coefficient (Wildman–Crippen LogP) is 1.83. The van der Waals surface area contributed by atoms with E-state index in [9.17, 15) is 53.4 Å². The van der Waals surface area contributed by atoms with Crippen LogP contribution in [0.1, 0.15) is 97.7 Å². The highest BCUT2D eigenvalue weighted by Crippen LogP contribution is 2.31. The molecule has 4 heterocycles. The number of hydrogen-bond donors (Lipinski definition) is 4. The Morgan fingerprint density at radius 1 is 0.878 bits per heavy atom. The van der Waals surface area contributed by atoms with Crippen LogP contribution in [-0.4, -0.2) is 235 Å². The number of carboxylic acids is 2. The van der Waals surface area contributed by atoms with Gasteiger partial charge in [0.1, 0.15) is 23.8 Å². The summed E-state index contributed by atoms with van der Waals surface area (Å²) in [6.07, 6.45) is 2.76. The Balaban J connectivity index is 1.16. The molecule has 0 bridgehead atoms. The molecule has 26 heteroatoms. The summed E-state index contributed by atoms with van der Waals surface area (Å²) in [4.78, 5) is 133. The van der Waals surface area contributed by atoms with E-state index in [1.54, 1.807) is 51.7 Å². The minimum absolute atomic E-state index is 0.0375. The Kier molecular flexibility index (Phi) is 25.1. The van der Waals surface area contributed by atoms with Gasteiger partial charge >= 0.3 is 11.9 Å². The zero-order valence-corrected chi connectivity index (χ0v) is 50.2. The van der Waals surface area contributed by atoms with Crippen LogP contribution in [-0.2, 0) is 72.1 Å². The van der Waals surface area contributed by atoms with E-state index >= 15 is 0 Å². The predicted molar refractivity (Wildman–Crippen MR) is 305 cm³/mol. The molecule has 7 amide bonds. The fourth-order valence-corrected chi connectivity index (χ4v) is 12.1. The van der Waals surface area contributed by atoms with Gasteiger partial charge in [-0.2, -0.15) is 0 Å². The number of nitrogens with one attached hydrogen (secondary N) is 2. The summed E-state index contributed by atoms with van der Waals surface area (Å²) in [5.74, 6) is -5.39. The van der Waals surface area contributed by atoms with Crippen molar-refractivity contribution in [3.63, 3.8) is 0 Å². The zero-order chi connectivity index (χ0) is 60.5. The number of aryl methyl sites for hydroxylation is 1. The number of guanidine groups is 1. The van der Waals surface area contributed by atoms with Crippen molar-refractivity contribution in [1.29, 1.82) is 0 Å². The second-order valence-corrected chi connectivity index (χ2v) is 23.3. The van der Waals surface area contributed by atoms with Gasteiger partial charge in [-0.1, -0.05) is 76.6 Å². The number of aliphatic imine (C=N–C) groups is 1. The number of aromatic nitrogens is 3. The maximum atomic E-state index is 14.9. The number of ether oxygens (including phenoxy) is 2. The Morgan fingerprint density at radius 2 is 1.54 bits per heavy atom. The van der Waals surface area contributed by atoms with Gasteiger partial charge in [0.15, 0.2) is 5.96 Å². The van der Waals surface area contributed by atoms with E-state index in [1.165, 1.54) is 21.1 Å². The van der Waals surface area contributed by atoms with E-state index in [0.717, 1.165) is 22.2 Å². The average molecular weight is 1170 g/mol. The number of aliphatic carboxylic acids is 2. The van der Waals surface area contributed by atoms with Crippen molar-refractivity contribution in [3.05, 3.63) is 47.8 Å². The molecule has 0 saturated carbocycles.